The second-order valence-electron chi connectivity index (χ2n) is 3.27. The van der Waals surface area contributed by atoms with Gasteiger partial charge in [0.1, 0.15) is 5.75 Å². The second-order valence-corrected chi connectivity index (χ2v) is 3.65. The highest BCUT2D eigenvalue weighted by Crippen LogP contribution is 2.33. The van der Waals surface area contributed by atoms with Gasteiger partial charge in [0, 0.05) is 12.3 Å². The standard InChI is InChI=1S/C11H10ClF3O2/c1-17-10-6-7(11(13,14)15)2-3-8(10)9(16)4-5-12/h2-3,6H,4-5H2,1H3. The summed E-state index contributed by atoms with van der Waals surface area (Å²) in [7, 11) is 1.22. The summed E-state index contributed by atoms with van der Waals surface area (Å²) < 4.78 is 42.1. The number of alkyl halides is 4. The Morgan fingerprint density at radius 1 is 1.41 bits per heavy atom. The highest BCUT2D eigenvalue weighted by molar-refractivity contribution is 6.19. The summed E-state index contributed by atoms with van der Waals surface area (Å²) in [6.07, 6.45) is -4.40. The van der Waals surface area contributed by atoms with Gasteiger partial charge in [-0.2, -0.15) is 13.2 Å². The van der Waals surface area contributed by atoms with Gasteiger partial charge in [0.2, 0.25) is 0 Å². The van der Waals surface area contributed by atoms with Crippen LogP contribution in [0.15, 0.2) is 18.2 Å². The Bertz CT molecular complexity index is 416. The molecule has 0 N–H and O–H groups in total. The van der Waals surface area contributed by atoms with E-state index < -0.39 is 11.7 Å². The Labute approximate surface area is 101 Å². The number of rotatable bonds is 4. The van der Waals surface area contributed by atoms with E-state index in [9.17, 15) is 18.0 Å². The van der Waals surface area contributed by atoms with E-state index >= 15 is 0 Å². The number of halogens is 4. The molecule has 0 saturated carbocycles. The van der Waals surface area contributed by atoms with Crippen molar-refractivity contribution in [1.29, 1.82) is 0 Å². The van der Waals surface area contributed by atoms with E-state index in [1.54, 1.807) is 0 Å². The Hall–Kier alpha value is -1.23. The van der Waals surface area contributed by atoms with Gasteiger partial charge in [-0.3, -0.25) is 4.79 Å². The highest BCUT2D eigenvalue weighted by Gasteiger charge is 2.31. The number of ketones is 1. The first-order valence-electron chi connectivity index (χ1n) is 4.74. The minimum Gasteiger partial charge on any atom is -0.496 e. The van der Waals surface area contributed by atoms with Crippen LogP contribution < -0.4 is 4.74 Å². The average molecular weight is 267 g/mol. The lowest BCUT2D eigenvalue weighted by Crippen LogP contribution is -2.08. The molecule has 0 fully saturated rings. The molecule has 0 saturated heterocycles. The summed E-state index contributed by atoms with van der Waals surface area (Å²) in [6, 6.07) is 2.77. The zero-order chi connectivity index (χ0) is 13.1. The molecule has 0 aliphatic rings. The first-order valence-corrected chi connectivity index (χ1v) is 5.28. The lowest BCUT2D eigenvalue weighted by molar-refractivity contribution is -0.137. The molecule has 0 aliphatic heterocycles. The topological polar surface area (TPSA) is 26.3 Å². The number of hydrogen-bond donors (Lipinski definition) is 0. The number of methoxy groups -OCH3 is 1. The molecule has 0 aliphatic carbocycles. The monoisotopic (exact) mass is 266 g/mol. The van der Waals surface area contributed by atoms with E-state index in [4.69, 9.17) is 16.3 Å². The van der Waals surface area contributed by atoms with Crippen LogP contribution in [0.3, 0.4) is 0 Å². The fourth-order valence-electron chi connectivity index (χ4n) is 1.32. The summed E-state index contributed by atoms with van der Waals surface area (Å²) in [6.45, 7) is 0. The Kier molecular flexibility index (Phi) is 4.40. The number of carbonyl (C=O) groups excluding carboxylic acids is 1. The van der Waals surface area contributed by atoms with Crippen molar-refractivity contribution >= 4 is 17.4 Å². The van der Waals surface area contributed by atoms with Crippen LogP contribution >= 0.6 is 11.6 Å². The van der Waals surface area contributed by atoms with Crippen LogP contribution in [0.4, 0.5) is 13.2 Å². The summed E-state index contributed by atoms with van der Waals surface area (Å²) in [4.78, 5) is 11.5. The molecule has 0 aromatic heterocycles. The number of carbonyl (C=O) groups is 1. The third kappa shape index (κ3) is 3.36. The van der Waals surface area contributed by atoms with Gasteiger partial charge in [-0.15, -0.1) is 11.6 Å². The SMILES string of the molecule is COc1cc(C(F)(F)F)ccc1C(=O)CCCl. The van der Waals surface area contributed by atoms with Crippen LogP contribution in [-0.2, 0) is 6.18 Å². The second kappa shape index (κ2) is 5.40. The number of Topliss-reactive ketones (excluding diaryl/α,β-unsaturated/α-hetero) is 1. The molecular formula is C11H10ClF3O2. The van der Waals surface area contributed by atoms with E-state index in [1.807, 2.05) is 0 Å². The van der Waals surface area contributed by atoms with E-state index in [-0.39, 0.29) is 29.4 Å². The van der Waals surface area contributed by atoms with Gasteiger partial charge >= 0.3 is 6.18 Å². The van der Waals surface area contributed by atoms with Crippen molar-refractivity contribution in [2.24, 2.45) is 0 Å². The maximum Gasteiger partial charge on any atom is 0.416 e. The van der Waals surface area contributed by atoms with Crippen molar-refractivity contribution in [3.05, 3.63) is 29.3 Å². The highest BCUT2D eigenvalue weighted by atomic mass is 35.5. The molecule has 0 bridgehead atoms. The molecule has 1 rings (SSSR count). The maximum absolute atomic E-state index is 12.4. The minimum atomic E-state index is -4.46. The quantitative estimate of drug-likeness (QED) is 0.616. The Morgan fingerprint density at radius 3 is 2.53 bits per heavy atom. The van der Waals surface area contributed by atoms with E-state index in [0.717, 1.165) is 18.2 Å². The molecule has 0 unspecified atom stereocenters. The van der Waals surface area contributed by atoms with Crippen LogP contribution in [0.5, 0.6) is 5.75 Å². The average Bonchev–Trinajstić information content (AvgIpc) is 2.27. The van der Waals surface area contributed by atoms with Gasteiger partial charge < -0.3 is 4.74 Å². The summed E-state index contributed by atoms with van der Waals surface area (Å²) in [5.74, 6) is -0.316. The van der Waals surface area contributed by atoms with Crippen LogP contribution in [0, 0.1) is 0 Å². The van der Waals surface area contributed by atoms with E-state index in [1.165, 1.54) is 7.11 Å². The summed E-state index contributed by atoms with van der Waals surface area (Å²) >= 11 is 5.40. The van der Waals surface area contributed by atoms with Crippen molar-refractivity contribution in [3.63, 3.8) is 0 Å². The number of benzene rings is 1. The molecule has 1 aromatic carbocycles. The van der Waals surface area contributed by atoms with Gasteiger partial charge in [0.25, 0.3) is 0 Å². The normalized spacial score (nSPS) is 11.4. The molecule has 0 amide bonds. The Balaban J connectivity index is 3.14. The predicted molar refractivity (Wildman–Crippen MR) is 57.7 cm³/mol. The third-order valence-corrected chi connectivity index (χ3v) is 2.34. The van der Waals surface area contributed by atoms with Gasteiger partial charge in [0.05, 0.1) is 18.2 Å². The molecule has 0 radical (unpaired) electrons. The smallest absolute Gasteiger partial charge is 0.416 e. The molecule has 2 nitrogen and oxygen atoms in total. The third-order valence-electron chi connectivity index (χ3n) is 2.15. The maximum atomic E-state index is 12.4. The van der Waals surface area contributed by atoms with Gasteiger partial charge in [-0.05, 0) is 18.2 Å². The van der Waals surface area contributed by atoms with Crippen LogP contribution in [0.25, 0.3) is 0 Å². The van der Waals surface area contributed by atoms with E-state index in [2.05, 4.69) is 0 Å². The molecular weight excluding hydrogens is 257 g/mol. The van der Waals surface area contributed by atoms with Gasteiger partial charge in [0.15, 0.2) is 5.78 Å². The van der Waals surface area contributed by atoms with Crippen LogP contribution in [0.1, 0.15) is 22.3 Å². The lowest BCUT2D eigenvalue weighted by Gasteiger charge is -2.11. The molecule has 6 heteroatoms. The summed E-state index contributed by atoms with van der Waals surface area (Å²) in [5, 5.41) is 0. The fourth-order valence-corrected chi connectivity index (χ4v) is 1.49. The van der Waals surface area contributed by atoms with Crippen molar-refractivity contribution in [2.45, 2.75) is 12.6 Å². The molecule has 17 heavy (non-hydrogen) atoms. The fraction of sp³-hybridized carbons (Fsp3) is 0.364. The largest absolute Gasteiger partial charge is 0.496 e. The Morgan fingerprint density at radius 2 is 2.06 bits per heavy atom. The van der Waals surface area contributed by atoms with Crippen LogP contribution in [-0.4, -0.2) is 18.8 Å². The van der Waals surface area contributed by atoms with Crippen molar-refractivity contribution in [3.8, 4) is 5.75 Å². The first-order chi connectivity index (χ1) is 7.90. The first kappa shape index (κ1) is 13.8. The molecule has 0 spiro atoms. The van der Waals surface area contributed by atoms with Gasteiger partial charge in [-0.25, -0.2) is 0 Å². The van der Waals surface area contributed by atoms with Crippen molar-refractivity contribution in [1.82, 2.24) is 0 Å². The number of hydrogen-bond acceptors (Lipinski definition) is 2. The summed E-state index contributed by atoms with van der Waals surface area (Å²) in [5.41, 5.74) is -0.738. The van der Waals surface area contributed by atoms with E-state index in [0.29, 0.717) is 0 Å². The molecule has 0 atom stereocenters. The molecule has 0 heterocycles. The number of ether oxygens (including phenoxy) is 1. The predicted octanol–water partition coefficient (Wildman–Crippen LogP) is 3.53. The molecule has 1 aromatic rings. The van der Waals surface area contributed by atoms with Gasteiger partial charge in [-0.1, -0.05) is 0 Å². The van der Waals surface area contributed by atoms with Crippen LogP contribution in [0.2, 0.25) is 0 Å². The van der Waals surface area contributed by atoms with Crippen molar-refractivity contribution in [2.75, 3.05) is 13.0 Å². The lowest BCUT2D eigenvalue weighted by atomic mass is 10.0. The molecule has 94 valence electrons. The minimum absolute atomic E-state index is 0.0588. The van der Waals surface area contributed by atoms with Crippen molar-refractivity contribution < 1.29 is 22.7 Å². The zero-order valence-electron chi connectivity index (χ0n) is 8.97. The zero-order valence-corrected chi connectivity index (χ0v) is 9.73.